The maximum atomic E-state index is 12.8. The van der Waals surface area contributed by atoms with Gasteiger partial charge < -0.3 is 4.74 Å². The Bertz CT molecular complexity index is 451. The molecule has 1 aromatic carbocycles. The largest absolute Gasteiger partial charge is 0.367 e. The van der Waals surface area contributed by atoms with E-state index >= 15 is 0 Å². The number of ether oxygens (including phenoxy) is 1. The molecule has 0 spiro atoms. The Morgan fingerprint density at radius 3 is 2.70 bits per heavy atom. The van der Waals surface area contributed by atoms with Gasteiger partial charge >= 0.3 is 0 Å². The standard InChI is InChI=1S/C17H23ClO2/c1-3-20-17(10-4-5-13(2)12-17)16(19)11-14-6-8-15(18)9-7-14/h6-9,13H,3-5,10-12H2,1-2H3. The van der Waals surface area contributed by atoms with E-state index in [0.29, 0.717) is 24.0 Å². The Morgan fingerprint density at radius 1 is 1.40 bits per heavy atom. The monoisotopic (exact) mass is 294 g/mol. The quantitative estimate of drug-likeness (QED) is 0.802. The van der Waals surface area contributed by atoms with E-state index in [1.807, 2.05) is 31.2 Å². The molecule has 0 aliphatic heterocycles. The maximum Gasteiger partial charge on any atom is 0.168 e. The van der Waals surface area contributed by atoms with Crippen LogP contribution in [0.5, 0.6) is 0 Å². The van der Waals surface area contributed by atoms with Gasteiger partial charge in [0.2, 0.25) is 0 Å². The summed E-state index contributed by atoms with van der Waals surface area (Å²) in [5.41, 5.74) is 0.447. The van der Waals surface area contributed by atoms with Gasteiger partial charge in [-0.25, -0.2) is 0 Å². The van der Waals surface area contributed by atoms with Crippen LogP contribution in [0, 0.1) is 5.92 Å². The highest BCUT2D eigenvalue weighted by Gasteiger charge is 2.41. The lowest BCUT2D eigenvalue weighted by Gasteiger charge is -2.38. The second kappa shape index (κ2) is 6.73. The van der Waals surface area contributed by atoms with Crippen molar-refractivity contribution in [3.63, 3.8) is 0 Å². The molecule has 20 heavy (non-hydrogen) atoms. The highest BCUT2D eigenvalue weighted by molar-refractivity contribution is 6.30. The number of ketones is 1. The minimum atomic E-state index is -0.563. The van der Waals surface area contributed by atoms with Gasteiger partial charge in [0.25, 0.3) is 0 Å². The number of hydrogen-bond acceptors (Lipinski definition) is 2. The zero-order valence-electron chi connectivity index (χ0n) is 12.3. The van der Waals surface area contributed by atoms with Crippen LogP contribution >= 0.6 is 11.6 Å². The Kier molecular flexibility index (Phi) is 5.22. The topological polar surface area (TPSA) is 26.3 Å². The first-order chi connectivity index (χ1) is 9.55. The first-order valence-corrected chi connectivity index (χ1v) is 7.85. The van der Waals surface area contributed by atoms with E-state index in [1.165, 1.54) is 6.42 Å². The van der Waals surface area contributed by atoms with Crippen LogP contribution in [0.3, 0.4) is 0 Å². The van der Waals surface area contributed by atoms with Crippen molar-refractivity contribution in [3.8, 4) is 0 Å². The fraction of sp³-hybridized carbons (Fsp3) is 0.588. The van der Waals surface area contributed by atoms with Gasteiger partial charge in [0.15, 0.2) is 5.78 Å². The lowest BCUT2D eigenvalue weighted by molar-refractivity contribution is -0.150. The number of carbonyl (C=O) groups excluding carboxylic acids is 1. The van der Waals surface area contributed by atoms with Gasteiger partial charge in [-0.3, -0.25) is 4.79 Å². The molecule has 1 saturated carbocycles. The van der Waals surface area contributed by atoms with Crippen molar-refractivity contribution in [3.05, 3.63) is 34.9 Å². The fourth-order valence-electron chi connectivity index (χ4n) is 3.19. The number of Topliss-reactive ketones (excluding diaryl/α,β-unsaturated/α-hetero) is 1. The third kappa shape index (κ3) is 3.62. The molecule has 0 N–H and O–H groups in total. The van der Waals surface area contributed by atoms with Crippen LogP contribution in [-0.2, 0) is 16.0 Å². The maximum absolute atomic E-state index is 12.8. The van der Waals surface area contributed by atoms with Crippen LogP contribution in [0.25, 0.3) is 0 Å². The van der Waals surface area contributed by atoms with Gasteiger partial charge in [-0.15, -0.1) is 0 Å². The summed E-state index contributed by atoms with van der Waals surface area (Å²) in [5.74, 6) is 0.776. The average Bonchev–Trinajstić information content (AvgIpc) is 2.41. The fourth-order valence-corrected chi connectivity index (χ4v) is 3.32. The molecule has 110 valence electrons. The number of hydrogen-bond donors (Lipinski definition) is 0. The summed E-state index contributed by atoms with van der Waals surface area (Å²) in [4.78, 5) is 12.8. The van der Waals surface area contributed by atoms with Crippen molar-refractivity contribution < 1.29 is 9.53 Å². The molecule has 2 nitrogen and oxygen atoms in total. The number of carbonyl (C=O) groups is 1. The van der Waals surface area contributed by atoms with Gasteiger partial charge in [-0.2, -0.15) is 0 Å². The van der Waals surface area contributed by atoms with Crippen molar-refractivity contribution >= 4 is 17.4 Å². The highest BCUT2D eigenvalue weighted by atomic mass is 35.5. The molecule has 1 aliphatic carbocycles. The van der Waals surface area contributed by atoms with Gasteiger partial charge in [-0.1, -0.05) is 37.1 Å². The summed E-state index contributed by atoms with van der Waals surface area (Å²) < 4.78 is 5.92. The summed E-state index contributed by atoms with van der Waals surface area (Å²) in [7, 11) is 0. The second-order valence-corrected chi connectivity index (χ2v) is 6.29. The summed E-state index contributed by atoms with van der Waals surface area (Å²) in [6.07, 6.45) is 4.42. The zero-order valence-corrected chi connectivity index (χ0v) is 13.1. The van der Waals surface area contributed by atoms with E-state index in [2.05, 4.69) is 6.92 Å². The van der Waals surface area contributed by atoms with E-state index in [-0.39, 0.29) is 5.78 Å². The van der Waals surface area contributed by atoms with Crippen LogP contribution < -0.4 is 0 Å². The lowest BCUT2D eigenvalue weighted by Crippen LogP contribution is -2.46. The molecule has 0 heterocycles. The predicted octanol–water partition coefficient (Wildman–Crippen LogP) is 4.44. The van der Waals surface area contributed by atoms with Gasteiger partial charge in [0, 0.05) is 18.1 Å². The number of halogens is 1. The van der Waals surface area contributed by atoms with Crippen LogP contribution in [-0.4, -0.2) is 18.0 Å². The average molecular weight is 295 g/mol. The van der Waals surface area contributed by atoms with E-state index in [0.717, 1.165) is 24.8 Å². The Balaban J connectivity index is 2.12. The smallest absolute Gasteiger partial charge is 0.168 e. The third-order valence-electron chi connectivity index (χ3n) is 4.16. The Labute approximate surface area is 126 Å². The Hall–Kier alpha value is -0.860. The summed E-state index contributed by atoms with van der Waals surface area (Å²) in [5, 5.41) is 0.701. The molecule has 0 saturated heterocycles. The summed E-state index contributed by atoms with van der Waals surface area (Å²) in [6.45, 7) is 4.78. The molecule has 1 aromatic rings. The first kappa shape index (κ1) is 15.5. The lowest BCUT2D eigenvalue weighted by atomic mass is 9.75. The highest BCUT2D eigenvalue weighted by Crippen LogP contribution is 2.36. The number of benzene rings is 1. The van der Waals surface area contributed by atoms with Gasteiger partial charge in [-0.05, 0) is 49.8 Å². The molecule has 0 aromatic heterocycles. The van der Waals surface area contributed by atoms with Gasteiger partial charge in [0.1, 0.15) is 5.60 Å². The van der Waals surface area contributed by atoms with Crippen LogP contribution in [0.2, 0.25) is 5.02 Å². The van der Waals surface area contributed by atoms with E-state index in [1.54, 1.807) is 0 Å². The van der Waals surface area contributed by atoms with E-state index in [9.17, 15) is 4.79 Å². The van der Waals surface area contributed by atoms with Crippen molar-refractivity contribution in [1.29, 1.82) is 0 Å². The minimum absolute atomic E-state index is 0.216. The molecule has 2 rings (SSSR count). The first-order valence-electron chi connectivity index (χ1n) is 7.47. The Morgan fingerprint density at radius 2 is 2.10 bits per heavy atom. The van der Waals surface area contributed by atoms with Crippen LogP contribution in [0.1, 0.15) is 45.1 Å². The van der Waals surface area contributed by atoms with Crippen molar-refractivity contribution in [2.45, 2.75) is 51.6 Å². The third-order valence-corrected chi connectivity index (χ3v) is 4.41. The van der Waals surface area contributed by atoms with E-state index < -0.39 is 5.60 Å². The molecule has 0 radical (unpaired) electrons. The van der Waals surface area contributed by atoms with Gasteiger partial charge in [0.05, 0.1) is 0 Å². The predicted molar refractivity (Wildman–Crippen MR) is 82.2 cm³/mol. The minimum Gasteiger partial charge on any atom is -0.367 e. The van der Waals surface area contributed by atoms with Crippen molar-refractivity contribution in [1.82, 2.24) is 0 Å². The number of rotatable bonds is 5. The molecule has 1 fully saturated rings. The van der Waals surface area contributed by atoms with Crippen LogP contribution in [0.15, 0.2) is 24.3 Å². The molecule has 3 heteroatoms. The van der Waals surface area contributed by atoms with E-state index in [4.69, 9.17) is 16.3 Å². The van der Waals surface area contributed by atoms with Crippen molar-refractivity contribution in [2.24, 2.45) is 5.92 Å². The molecule has 0 bridgehead atoms. The SMILES string of the molecule is CCOC1(C(=O)Cc2ccc(Cl)cc2)CCCC(C)C1. The summed E-state index contributed by atoms with van der Waals surface area (Å²) >= 11 is 5.88. The molecular formula is C17H23ClO2. The second-order valence-electron chi connectivity index (χ2n) is 5.86. The zero-order chi connectivity index (χ0) is 14.6. The molecule has 1 aliphatic rings. The molecule has 2 atom stereocenters. The van der Waals surface area contributed by atoms with Crippen LogP contribution in [0.4, 0.5) is 0 Å². The molecule has 2 unspecified atom stereocenters. The molecule has 0 amide bonds. The normalized spacial score (nSPS) is 26.4. The van der Waals surface area contributed by atoms with Crippen molar-refractivity contribution in [2.75, 3.05) is 6.61 Å². The molecular weight excluding hydrogens is 272 g/mol. The summed E-state index contributed by atoms with van der Waals surface area (Å²) in [6, 6.07) is 7.51.